The van der Waals surface area contributed by atoms with Gasteiger partial charge in [0.15, 0.2) is 0 Å². The molecule has 2 fully saturated rings. The van der Waals surface area contributed by atoms with Gasteiger partial charge in [-0.25, -0.2) is 9.78 Å². The number of benzene rings is 2. The number of carbonyl (C=O) groups is 3. The van der Waals surface area contributed by atoms with E-state index in [2.05, 4.69) is 15.9 Å². The highest BCUT2D eigenvalue weighted by Crippen LogP contribution is 2.40. The number of aryl methyl sites for hydroxylation is 1. The zero-order chi connectivity index (χ0) is 22.6. The molecule has 2 aliphatic rings. The van der Waals surface area contributed by atoms with Crippen molar-refractivity contribution in [3.05, 3.63) is 58.1 Å². The molecular formula is C25H21BrN2O4. The standard InChI is InChI=1S/C25H21BrN2O4/c1-13-10-15(26)11-19-20(25(31)32)12-21(27-22(13)19)14-6-8-16(9-7-14)28-23(29)17-4-2-3-5-18(17)24(28)30/h6-12,17-18H,2-5H2,1H3,(H,31,32). The number of hydrogen-bond donors (Lipinski definition) is 1. The Balaban J connectivity index is 1.54. The summed E-state index contributed by atoms with van der Waals surface area (Å²) in [5.41, 5.74) is 3.47. The predicted octanol–water partition coefficient (Wildman–Crippen LogP) is 5.35. The van der Waals surface area contributed by atoms with Crippen molar-refractivity contribution in [1.29, 1.82) is 0 Å². The van der Waals surface area contributed by atoms with Crippen LogP contribution in [0.25, 0.3) is 22.2 Å². The number of pyridine rings is 1. The number of amides is 2. The third-order valence-electron chi connectivity index (χ3n) is 6.56. The number of nitrogens with zero attached hydrogens (tertiary/aromatic N) is 2. The first-order valence-corrected chi connectivity index (χ1v) is 11.5. The van der Waals surface area contributed by atoms with Crippen LogP contribution in [0, 0.1) is 18.8 Å². The van der Waals surface area contributed by atoms with Crippen molar-refractivity contribution in [3.8, 4) is 11.3 Å². The van der Waals surface area contributed by atoms with Crippen molar-refractivity contribution < 1.29 is 19.5 Å². The molecule has 5 rings (SSSR count). The minimum absolute atomic E-state index is 0.106. The lowest BCUT2D eigenvalue weighted by molar-refractivity contribution is -0.122. The molecule has 1 aromatic heterocycles. The van der Waals surface area contributed by atoms with E-state index < -0.39 is 5.97 Å². The van der Waals surface area contributed by atoms with Gasteiger partial charge in [-0.3, -0.25) is 14.5 Å². The van der Waals surface area contributed by atoms with Gasteiger partial charge in [0.05, 0.1) is 34.3 Å². The van der Waals surface area contributed by atoms with Crippen molar-refractivity contribution in [2.24, 2.45) is 11.8 Å². The molecule has 0 spiro atoms. The maximum atomic E-state index is 12.9. The number of rotatable bonds is 3. The van der Waals surface area contributed by atoms with Gasteiger partial charge in [-0.05, 0) is 55.7 Å². The molecule has 6 nitrogen and oxygen atoms in total. The van der Waals surface area contributed by atoms with Crippen LogP contribution in [0.5, 0.6) is 0 Å². The van der Waals surface area contributed by atoms with Gasteiger partial charge in [0.2, 0.25) is 11.8 Å². The number of halogens is 1. The van der Waals surface area contributed by atoms with E-state index in [1.54, 1.807) is 36.4 Å². The van der Waals surface area contributed by atoms with Crippen molar-refractivity contribution in [2.45, 2.75) is 32.6 Å². The largest absolute Gasteiger partial charge is 0.478 e. The van der Waals surface area contributed by atoms with Crippen LogP contribution in [0.4, 0.5) is 5.69 Å². The topological polar surface area (TPSA) is 87.6 Å². The minimum atomic E-state index is -1.02. The highest BCUT2D eigenvalue weighted by molar-refractivity contribution is 9.10. The molecule has 2 amide bonds. The van der Waals surface area contributed by atoms with Crippen LogP contribution in [-0.2, 0) is 9.59 Å². The second-order valence-corrected chi connectivity index (χ2v) is 9.45. The molecule has 0 bridgehead atoms. The zero-order valence-electron chi connectivity index (χ0n) is 17.5. The van der Waals surface area contributed by atoms with Gasteiger partial charge in [-0.15, -0.1) is 0 Å². The average molecular weight is 493 g/mol. The van der Waals surface area contributed by atoms with Crippen LogP contribution in [0.1, 0.15) is 41.6 Å². The molecule has 1 aliphatic carbocycles. The smallest absolute Gasteiger partial charge is 0.336 e. The van der Waals surface area contributed by atoms with E-state index in [0.29, 0.717) is 22.3 Å². The van der Waals surface area contributed by atoms with Crippen LogP contribution in [0.15, 0.2) is 46.9 Å². The fraction of sp³-hybridized carbons (Fsp3) is 0.280. The van der Waals surface area contributed by atoms with Gasteiger partial charge in [-0.1, -0.05) is 40.9 Å². The number of anilines is 1. The van der Waals surface area contributed by atoms with E-state index >= 15 is 0 Å². The maximum absolute atomic E-state index is 12.9. The van der Waals surface area contributed by atoms with Gasteiger partial charge < -0.3 is 5.11 Å². The van der Waals surface area contributed by atoms with Crippen molar-refractivity contribution >= 4 is 50.3 Å². The molecule has 2 atom stereocenters. The fourth-order valence-electron chi connectivity index (χ4n) is 4.98. The summed E-state index contributed by atoms with van der Waals surface area (Å²) in [5.74, 6) is -1.63. The van der Waals surface area contributed by atoms with Crippen LogP contribution in [-0.4, -0.2) is 27.9 Å². The number of carbonyl (C=O) groups excluding carboxylic acids is 2. The first-order chi connectivity index (χ1) is 15.3. The molecule has 1 N–H and O–H groups in total. The molecule has 2 aromatic carbocycles. The third-order valence-corrected chi connectivity index (χ3v) is 7.02. The van der Waals surface area contributed by atoms with Crippen LogP contribution in [0.3, 0.4) is 0 Å². The molecule has 2 heterocycles. The molecule has 1 saturated heterocycles. The van der Waals surface area contributed by atoms with Crippen LogP contribution >= 0.6 is 15.9 Å². The SMILES string of the molecule is Cc1cc(Br)cc2c(C(=O)O)cc(-c3ccc(N4C(=O)C5CCCCC5C4=O)cc3)nc12. The lowest BCUT2D eigenvalue weighted by Gasteiger charge is -2.19. The van der Waals surface area contributed by atoms with Crippen LogP contribution < -0.4 is 4.90 Å². The van der Waals surface area contributed by atoms with Crippen molar-refractivity contribution in [1.82, 2.24) is 4.98 Å². The summed E-state index contributed by atoms with van der Waals surface area (Å²) < 4.78 is 0.796. The Labute approximate surface area is 193 Å². The highest BCUT2D eigenvalue weighted by Gasteiger charge is 2.48. The summed E-state index contributed by atoms with van der Waals surface area (Å²) in [5, 5.41) is 10.3. The van der Waals surface area contributed by atoms with E-state index in [1.807, 2.05) is 13.0 Å². The normalized spacial score (nSPS) is 20.6. The predicted molar refractivity (Wildman–Crippen MR) is 125 cm³/mol. The molecular weight excluding hydrogens is 472 g/mol. The van der Waals surface area contributed by atoms with E-state index in [0.717, 1.165) is 41.3 Å². The lowest BCUT2D eigenvalue weighted by Crippen LogP contribution is -2.30. The number of aromatic nitrogens is 1. The molecule has 32 heavy (non-hydrogen) atoms. The number of hydrogen-bond acceptors (Lipinski definition) is 4. The first-order valence-electron chi connectivity index (χ1n) is 10.7. The summed E-state index contributed by atoms with van der Waals surface area (Å²) in [6, 6.07) is 12.3. The molecule has 162 valence electrons. The summed E-state index contributed by atoms with van der Waals surface area (Å²) in [7, 11) is 0. The van der Waals surface area contributed by atoms with Crippen molar-refractivity contribution in [2.75, 3.05) is 4.90 Å². The number of aromatic carboxylic acids is 1. The zero-order valence-corrected chi connectivity index (χ0v) is 19.1. The van der Waals surface area contributed by atoms with E-state index in [4.69, 9.17) is 4.98 Å². The highest BCUT2D eigenvalue weighted by atomic mass is 79.9. The Hall–Kier alpha value is -3.06. The van der Waals surface area contributed by atoms with Gasteiger partial charge in [0.1, 0.15) is 0 Å². The Bertz CT molecular complexity index is 1260. The third kappa shape index (κ3) is 3.32. The molecule has 7 heteroatoms. The van der Waals surface area contributed by atoms with Crippen LogP contribution in [0.2, 0.25) is 0 Å². The molecule has 1 aliphatic heterocycles. The Kier molecular flexibility index (Phi) is 5.08. The quantitative estimate of drug-likeness (QED) is 0.497. The molecule has 3 aromatic rings. The molecule has 1 saturated carbocycles. The van der Waals surface area contributed by atoms with Crippen molar-refractivity contribution in [3.63, 3.8) is 0 Å². The summed E-state index contributed by atoms with van der Waals surface area (Å²) in [4.78, 5) is 43.7. The summed E-state index contributed by atoms with van der Waals surface area (Å²) >= 11 is 3.42. The maximum Gasteiger partial charge on any atom is 0.336 e. The lowest BCUT2D eigenvalue weighted by atomic mass is 9.81. The number of carboxylic acids is 1. The van der Waals surface area contributed by atoms with Gasteiger partial charge >= 0.3 is 5.97 Å². The molecule has 0 radical (unpaired) electrons. The summed E-state index contributed by atoms with van der Waals surface area (Å²) in [6.45, 7) is 1.89. The van der Waals surface area contributed by atoms with E-state index in [9.17, 15) is 19.5 Å². The van der Waals surface area contributed by atoms with Gasteiger partial charge in [0, 0.05) is 15.4 Å². The van der Waals surface area contributed by atoms with E-state index in [1.165, 1.54) is 4.90 Å². The van der Waals surface area contributed by atoms with Gasteiger partial charge in [-0.2, -0.15) is 0 Å². The first kappa shape index (κ1) is 20.8. The minimum Gasteiger partial charge on any atom is -0.478 e. The second kappa shape index (κ2) is 7.81. The summed E-state index contributed by atoms with van der Waals surface area (Å²) in [6.07, 6.45) is 3.53. The second-order valence-electron chi connectivity index (χ2n) is 8.54. The fourth-order valence-corrected chi connectivity index (χ4v) is 5.55. The van der Waals surface area contributed by atoms with Gasteiger partial charge in [0.25, 0.3) is 0 Å². The molecule has 2 unspecified atom stereocenters. The number of imide groups is 1. The Morgan fingerprint density at radius 1 is 1.03 bits per heavy atom. The number of carboxylic acid groups (broad SMARTS) is 1. The monoisotopic (exact) mass is 492 g/mol. The average Bonchev–Trinajstić information content (AvgIpc) is 3.03. The van der Waals surface area contributed by atoms with E-state index in [-0.39, 0.29) is 29.2 Å². The Morgan fingerprint density at radius 2 is 1.66 bits per heavy atom. The Morgan fingerprint density at radius 3 is 2.25 bits per heavy atom. The number of fused-ring (bicyclic) bond motifs is 2.